The zero-order valence-corrected chi connectivity index (χ0v) is 22.9. The number of hydrogen-bond donors (Lipinski definition) is 4. The second-order valence-electron chi connectivity index (χ2n) is 8.29. The molecule has 2 amide bonds. The van der Waals surface area contributed by atoms with Crippen LogP contribution in [0.3, 0.4) is 0 Å². The van der Waals surface area contributed by atoms with Crippen molar-refractivity contribution in [3.63, 3.8) is 0 Å². The fourth-order valence-electron chi connectivity index (χ4n) is 3.35. The number of carbonyl (C=O) groups is 2. The number of benzene rings is 1. The van der Waals surface area contributed by atoms with Crippen molar-refractivity contribution in [3.8, 4) is 18.6 Å². The van der Waals surface area contributed by atoms with Gasteiger partial charge in [-0.15, -0.1) is 26.0 Å². The lowest BCUT2D eigenvalue weighted by atomic mass is 10.1. The summed E-state index contributed by atoms with van der Waals surface area (Å²) < 4.78 is 28.2. The number of amides is 2. The average molecular weight is 567 g/mol. The molecule has 1 atom stereocenters. The maximum atomic E-state index is 11.4. The standard InChI is InChI=1S/C10H8ClNO2.C8H14N2O.C4H7NO3S.C2H4.C2H2/c1-14-9-5-12-10(13)8-4-6(11)2-3-7(8)9;11-8(10-6-3-4-6)7-2-1-5-9-7;6-3-5-9(7,8)4-1-2-4;2*1-2/h2-5H,1H3,(H,12,13);6-7,9H,1-5H2,(H,10,11);3-4H,1-2H2,(H,5,6);1-2H2;1-2H/t;7-;;;/m.0.../s1. The van der Waals surface area contributed by atoms with Gasteiger partial charge < -0.3 is 20.4 Å². The molecule has 0 bridgehead atoms. The maximum absolute atomic E-state index is 11.4. The van der Waals surface area contributed by atoms with Crippen molar-refractivity contribution in [1.82, 2.24) is 20.3 Å². The second kappa shape index (κ2) is 16.5. The van der Waals surface area contributed by atoms with Crippen LogP contribution in [-0.2, 0) is 19.6 Å². The molecule has 4 N–H and O–H groups in total. The minimum Gasteiger partial charge on any atom is -0.495 e. The fraction of sp³-hybridized carbons (Fsp3) is 0.423. The topological polar surface area (TPSA) is 146 Å². The number of sulfonamides is 1. The Hall–Kier alpha value is -3.33. The van der Waals surface area contributed by atoms with Gasteiger partial charge >= 0.3 is 0 Å². The van der Waals surface area contributed by atoms with Crippen LogP contribution in [0.2, 0.25) is 5.02 Å². The number of aromatic nitrogens is 1. The first-order chi connectivity index (χ1) is 18.2. The lowest BCUT2D eigenvalue weighted by Gasteiger charge is -2.09. The van der Waals surface area contributed by atoms with Crippen molar-refractivity contribution >= 4 is 44.7 Å². The molecular weight excluding hydrogens is 532 g/mol. The molecule has 1 aromatic carbocycles. The van der Waals surface area contributed by atoms with Gasteiger partial charge in [-0.3, -0.25) is 19.1 Å². The average Bonchev–Trinajstić information content (AvgIpc) is 3.87. The lowest BCUT2D eigenvalue weighted by Crippen LogP contribution is -2.41. The number of ether oxygens (including phenoxy) is 1. The molecule has 3 fully saturated rings. The summed E-state index contributed by atoms with van der Waals surface area (Å²) in [6.45, 7) is 7.00. The van der Waals surface area contributed by atoms with Crippen LogP contribution in [0.5, 0.6) is 5.75 Å². The molecule has 10 nitrogen and oxygen atoms in total. The van der Waals surface area contributed by atoms with Crippen molar-refractivity contribution < 1.29 is 22.7 Å². The summed E-state index contributed by atoms with van der Waals surface area (Å²) in [6.07, 6.45) is 15.6. The van der Waals surface area contributed by atoms with Gasteiger partial charge in [0.05, 0.1) is 23.8 Å². The molecule has 3 aliphatic rings. The van der Waals surface area contributed by atoms with E-state index in [9.17, 15) is 22.8 Å². The quantitative estimate of drug-likeness (QED) is 0.239. The number of carbonyl (C=O) groups excluding carboxylic acids is 2. The third-order valence-corrected chi connectivity index (χ3v) is 7.53. The molecule has 0 unspecified atom stereocenters. The number of aromatic amines is 1. The molecule has 2 aromatic rings. The van der Waals surface area contributed by atoms with Crippen LogP contribution in [0, 0.1) is 12.8 Å². The molecule has 12 heteroatoms. The number of nitrogens with one attached hydrogen (secondary N) is 4. The molecule has 2 saturated carbocycles. The third kappa shape index (κ3) is 10.6. The highest BCUT2D eigenvalue weighted by molar-refractivity contribution is 7.90. The van der Waals surface area contributed by atoms with E-state index in [0.29, 0.717) is 35.0 Å². The van der Waals surface area contributed by atoms with Crippen molar-refractivity contribution in [3.05, 3.63) is 52.9 Å². The fourth-order valence-corrected chi connectivity index (χ4v) is 4.61. The molecule has 2 heterocycles. The van der Waals surface area contributed by atoms with Crippen LogP contribution in [0.1, 0.15) is 38.5 Å². The van der Waals surface area contributed by atoms with Crippen molar-refractivity contribution in [2.45, 2.75) is 55.9 Å². The monoisotopic (exact) mass is 566 g/mol. The zero-order valence-electron chi connectivity index (χ0n) is 21.4. The molecule has 5 rings (SSSR count). The van der Waals surface area contributed by atoms with E-state index in [-0.39, 0.29) is 29.2 Å². The number of terminal acetylenes is 1. The summed E-state index contributed by atoms with van der Waals surface area (Å²) in [4.78, 5) is 35.0. The van der Waals surface area contributed by atoms with E-state index in [2.05, 4.69) is 41.6 Å². The first-order valence-electron chi connectivity index (χ1n) is 11.9. The Morgan fingerprint density at radius 1 is 1.16 bits per heavy atom. The van der Waals surface area contributed by atoms with E-state index in [4.69, 9.17) is 16.3 Å². The number of fused-ring (bicyclic) bond motifs is 1. The first kappa shape index (κ1) is 32.7. The Kier molecular flexibility index (Phi) is 14.2. The van der Waals surface area contributed by atoms with Gasteiger partial charge in [0.15, 0.2) is 0 Å². The van der Waals surface area contributed by atoms with E-state index in [1.165, 1.54) is 12.8 Å². The molecule has 1 aliphatic heterocycles. The van der Waals surface area contributed by atoms with Gasteiger partial charge in [0.2, 0.25) is 22.3 Å². The Morgan fingerprint density at radius 2 is 1.82 bits per heavy atom. The Bertz CT molecular complexity index is 1230. The van der Waals surface area contributed by atoms with Gasteiger partial charge in [0.1, 0.15) is 5.75 Å². The van der Waals surface area contributed by atoms with Gasteiger partial charge in [-0.25, -0.2) is 8.42 Å². The highest BCUT2D eigenvalue weighted by Gasteiger charge is 2.35. The van der Waals surface area contributed by atoms with Crippen LogP contribution < -0.4 is 25.7 Å². The SMILES string of the molecule is C#C.C=C.COc1c[nH]c(=O)c2cc(Cl)ccc12.O=C(NC1CC1)[C@@H]1CCCN1.O=CNS(=O)(=O)C1CC1. The molecule has 0 radical (unpaired) electrons. The number of rotatable bonds is 6. The summed E-state index contributed by atoms with van der Waals surface area (Å²) in [6, 6.07) is 5.73. The molecule has 2 aliphatic carbocycles. The highest BCUT2D eigenvalue weighted by atomic mass is 35.5. The largest absolute Gasteiger partial charge is 0.495 e. The Labute approximate surface area is 228 Å². The number of halogens is 1. The van der Waals surface area contributed by atoms with E-state index in [0.717, 1.165) is 24.8 Å². The number of hydrogen-bond acceptors (Lipinski definition) is 7. The van der Waals surface area contributed by atoms with Crippen LogP contribution in [0.15, 0.2) is 42.3 Å². The van der Waals surface area contributed by atoms with Crippen LogP contribution in [0.25, 0.3) is 10.8 Å². The molecule has 0 spiro atoms. The van der Waals surface area contributed by atoms with Crippen LogP contribution in [-0.4, -0.2) is 56.7 Å². The second-order valence-corrected chi connectivity index (χ2v) is 10.7. The zero-order chi connectivity index (χ0) is 28.7. The first-order valence-corrected chi connectivity index (χ1v) is 13.8. The Balaban J connectivity index is 0.000000273. The van der Waals surface area contributed by atoms with E-state index in [1.807, 2.05) is 0 Å². The van der Waals surface area contributed by atoms with Gasteiger partial charge in [0.25, 0.3) is 5.56 Å². The number of methoxy groups -OCH3 is 1. The van der Waals surface area contributed by atoms with Crippen molar-refractivity contribution in [1.29, 1.82) is 0 Å². The molecule has 1 saturated heterocycles. The van der Waals surface area contributed by atoms with Gasteiger partial charge in [-0.05, 0) is 63.3 Å². The summed E-state index contributed by atoms with van der Waals surface area (Å²) in [7, 11) is -1.70. The van der Waals surface area contributed by atoms with Crippen LogP contribution in [0.4, 0.5) is 0 Å². The lowest BCUT2D eigenvalue weighted by molar-refractivity contribution is -0.122. The van der Waals surface area contributed by atoms with Crippen LogP contribution >= 0.6 is 11.6 Å². The van der Waals surface area contributed by atoms with Crippen molar-refractivity contribution in [2.24, 2.45) is 0 Å². The van der Waals surface area contributed by atoms with Gasteiger partial charge in [-0.2, -0.15) is 0 Å². The number of pyridine rings is 1. The smallest absolute Gasteiger partial charge is 0.256 e. The van der Waals surface area contributed by atoms with E-state index in [1.54, 1.807) is 36.2 Å². The molecular formula is C26H35ClN4O6S. The maximum Gasteiger partial charge on any atom is 0.256 e. The predicted molar refractivity (Wildman–Crippen MR) is 151 cm³/mol. The number of H-pyrrole nitrogens is 1. The summed E-state index contributed by atoms with van der Waals surface area (Å²) >= 11 is 5.79. The Morgan fingerprint density at radius 3 is 2.32 bits per heavy atom. The molecule has 1 aromatic heterocycles. The highest BCUT2D eigenvalue weighted by Crippen LogP contribution is 2.27. The minimum atomic E-state index is -3.26. The summed E-state index contributed by atoms with van der Waals surface area (Å²) in [5, 5.41) is 7.71. The van der Waals surface area contributed by atoms with E-state index < -0.39 is 10.0 Å². The summed E-state index contributed by atoms with van der Waals surface area (Å²) in [5.74, 6) is 0.848. The van der Waals surface area contributed by atoms with Crippen molar-refractivity contribution in [2.75, 3.05) is 13.7 Å². The summed E-state index contributed by atoms with van der Waals surface area (Å²) in [5.41, 5.74) is -0.164. The minimum absolute atomic E-state index is 0.107. The van der Waals surface area contributed by atoms with E-state index >= 15 is 0 Å². The third-order valence-electron chi connectivity index (χ3n) is 5.52. The predicted octanol–water partition coefficient (Wildman–Crippen LogP) is 2.48. The normalized spacial score (nSPS) is 17.3. The molecule has 38 heavy (non-hydrogen) atoms. The molecule has 208 valence electrons. The van der Waals surface area contributed by atoms with Gasteiger partial charge in [0, 0.05) is 22.6 Å². The van der Waals surface area contributed by atoms with Gasteiger partial charge in [-0.1, -0.05) is 11.6 Å².